The number of carbonyl (C=O) groups is 4. The zero-order valence-electron chi connectivity index (χ0n) is 10.1. The number of nitrogens with zero attached hydrogens (tertiary/aromatic N) is 2. The number of Topliss-reactive ketones (excluding diaryl/α,β-unsaturated/α-hetero) is 1. The zero-order valence-corrected chi connectivity index (χ0v) is 10.9. The highest BCUT2D eigenvalue weighted by molar-refractivity contribution is 6.32. The van der Waals surface area contributed by atoms with Crippen LogP contribution in [-0.4, -0.2) is 52.5 Å². The maximum absolute atomic E-state index is 12.1. The summed E-state index contributed by atoms with van der Waals surface area (Å²) < 4.78 is 0. The Hall–Kier alpha value is -2.15. The number of hydrogen-bond acceptors (Lipinski definition) is 4. The Morgan fingerprint density at radius 2 is 1.74 bits per heavy atom. The minimum absolute atomic E-state index is 0.0489. The van der Waals surface area contributed by atoms with Crippen LogP contribution in [0.15, 0.2) is 12.3 Å². The minimum atomic E-state index is -1.55. The van der Waals surface area contributed by atoms with E-state index in [2.05, 4.69) is 4.98 Å². The lowest BCUT2D eigenvalue weighted by Crippen LogP contribution is -2.58. The number of H-pyrrole nitrogens is 1. The molecule has 0 aliphatic carbocycles. The van der Waals surface area contributed by atoms with Crippen molar-refractivity contribution in [3.8, 4) is 0 Å². The molecule has 7 nitrogen and oxygen atoms in total. The monoisotopic (exact) mass is 283 g/mol. The lowest BCUT2D eigenvalue weighted by Gasteiger charge is -2.31. The van der Waals surface area contributed by atoms with E-state index in [4.69, 9.17) is 11.6 Å². The second-order valence-electron chi connectivity index (χ2n) is 4.11. The van der Waals surface area contributed by atoms with E-state index in [1.807, 2.05) is 0 Å². The van der Waals surface area contributed by atoms with Crippen LogP contribution in [0.5, 0.6) is 0 Å². The SMILES string of the molecule is CN1C(=O)C(C(=O)c2cc(Cl)c[nH]2)C(=O)N(C)C1=O. The number of aromatic nitrogens is 1. The van der Waals surface area contributed by atoms with Crippen LogP contribution in [0.4, 0.5) is 4.79 Å². The van der Waals surface area contributed by atoms with Crippen LogP contribution in [0, 0.1) is 5.92 Å². The van der Waals surface area contributed by atoms with Gasteiger partial charge >= 0.3 is 6.03 Å². The highest BCUT2D eigenvalue weighted by Gasteiger charge is 2.47. The van der Waals surface area contributed by atoms with Crippen molar-refractivity contribution in [2.75, 3.05) is 14.1 Å². The molecular weight excluding hydrogens is 274 g/mol. The van der Waals surface area contributed by atoms with Crippen molar-refractivity contribution >= 4 is 35.2 Å². The first kappa shape index (κ1) is 13.3. The lowest BCUT2D eigenvalue weighted by molar-refractivity contribution is -0.145. The zero-order chi connectivity index (χ0) is 14.3. The third-order valence-electron chi connectivity index (χ3n) is 2.90. The first-order valence-electron chi connectivity index (χ1n) is 5.32. The number of ketones is 1. The molecule has 1 N–H and O–H groups in total. The number of nitrogens with one attached hydrogen (secondary N) is 1. The van der Waals surface area contributed by atoms with Crippen molar-refractivity contribution in [1.29, 1.82) is 0 Å². The summed E-state index contributed by atoms with van der Waals surface area (Å²) in [5, 5.41) is 0.289. The molecule has 2 rings (SSSR count). The molecule has 1 aromatic heterocycles. The summed E-state index contributed by atoms with van der Waals surface area (Å²) in [7, 11) is 2.44. The Balaban J connectivity index is 2.38. The van der Waals surface area contributed by atoms with Gasteiger partial charge < -0.3 is 4.98 Å². The molecule has 1 aliphatic heterocycles. The summed E-state index contributed by atoms with van der Waals surface area (Å²) in [6, 6.07) is 0.560. The van der Waals surface area contributed by atoms with Gasteiger partial charge in [-0.2, -0.15) is 0 Å². The topological polar surface area (TPSA) is 90.6 Å². The molecule has 19 heavy (non-hydrogen) atoms. The normalized spacial score (nSPS) is 17.3. The van der Waals surface area contributed by atoms with E-state index in [0.717, 1.165) is 9.80 Å². The Bertz CT molecular complexity index is 571. The molecule has 1 fully saturated rings. The Kier molecular flexibility index (Phi) is 3.15. The Morgan fingerprint density at radius 1 is 1.21 bits per heavy atom. The maximum Gasteiger partial charge on any atom is 0.332 e. The Labute approximate surface area is 113 Å². The fourth-order valence-corrected chi connectivity index (χ4v) is 1.96. The van der Waals surface area contributed by atoms with Gasteiger partial charge in [-0.15, -0.1) is 0 Å². The number of urea groups is 1. The van der Waals surface area contributed by atoms with Crippen LogP contribution < -0.4 is 0 Å². The van der Waals surface area contributed by atoms with Crippen LogP contribution in [0.2, 0.25) is 5.02 Å². The number of rotatable bonds is 2. The first-order valence-corrected chi connectivity index (χ1v) is 5.69. The molecule has 2 heterocycles. The van der Waals surface area contributed by atoms with Gasteiger partial charge in [0.15, 0.2) is 5.92 Å². The predicted molar refractivity (Wildman–Crippen MR) is 64.6 cm³/mol. The maximum atomic E-state index is 12.1. The van der Waals surface area contributed by atoms with Crippen molar-refractivity contribution in [3.05, 3.63) is 23.0 Å². The fourth-order valence-electron chi connectivity index (χ4n) is 1.80. The van der Waals surface area contributed by atoms with E-state index in [9.17, 15) is 19.2 Å². The van der Waals surface area contributed by atoms with Crippen LogP contribution in [0.25, 0.3) is 0 Å². The van der Waals surface area contributed by atoms with Gasteiger partial charge in [0, 0.05) is 20.3 Å². The third kappa shape index (κ3) is 2.01. The highest BCUT2D eigenvalue weighted by Crippen LogP contribution is 2.20. The number of imide groups is 2. The largest absolute Gasteiger partial charge is 0.357 e. The number of carbonyl (C=O) groups excluding carboxylic acids is 4. The molecule has 0 radical (unpaired) electrons. The molecule has 4 amide bonds. The summed E-state index contributed by atoms with van der Waals surface area (Å²) in [5.74, 6) is -3.96. The van der Waals surface area contributed by atoms with E-state index in [-0.39, 0.29) is 10.7 Å². The number of hydrogen-bond donors (Lipinski definition) is 1. The van der Waals surface area contributed by atoms with Gasteiger partial charge in [-0.1, -0.05) is 11.6 Å². The molecule has 0 unspecified atom stereocenters. The number of aromatic amines is 1. The number of barbiturate groups is 1. The molecule has 100 valence electrons. The van der Waals surface area contributed by atoms with E-state index >= 15 is 0 Å². The van der Waals surface area contributed by atoms with E-state index in [0.29, 0.717) is 0 Å². The molecule has 0 saturated carbocycles. The molecule has 8 heteroatoms. The van der Waals surface area contributed by atoms with Crippen LogP contribution in [0.3, 0.4) is 0 Å². The second kappa shape index (κ2) is 4.51. The average Bonchev–Trinajstić information content (AvgIpc) is 2.81. The van der Waals surface area contributed by atoms with Gasteiger partial charge in [0.1, 0.15) is 0 Å². The first-order chi connectivity index (χ1) is 8.84. The summed E-state index contributed by atoms with van der Waals surface area (Å²) in [5.41, 5.74) is 0.0489. The van der Waals surface area contributed by atoms with Crippen molar-refractivity contribution in [2.45, 2.75) is 0 Å². The van der Waals surface area contributed by atoms with Crippen molar-refractivity contribution in [3.63, 3.8) is 0 Å². The van der Waals surface area contributed by atoms with Gasteiger partial charge in [0.05, 0.1) is 10.7 Å². The predicted octanol–water partition coefficient (Wildman–Crippen LogP) is 0.517. The molecule has 1 aliphatic rings. The minimum Gasteiger partial charge on any atom is -0.357 e. The molecule has 1 saturated heterocycles. The van der Waals surface area contributed by atoms with Crippen molar-refractivity contribution in [1.82, 2.24) is 14.8 Å². The Morgan fingerprint density at radius 3 is 2.16 bits per heavy atom. The van der Waals surface area contributed by atoms with Gasteiger partial charge in [0.2, 0.25) is 5.78 Å². The molecule has 0 atom stereocenters. The van der Waals surface area contributed by atoms with E-state index < -0.39 is 29.5 Å². The second-order valence-corrected chi connectivity index (χ2v) is 4.54. The quantitative estimate of drug-likeness (QED) is 0.633. The summed E-state index contributed by atoms with van der Waals surface area (Å²) >= 11 is 5.67. The molecular formula is C11H10ClN3O4. The summed E-state index contributed by atoms with van der Waals surface area (Å²) in [6.07, 6.45) is 1.37. The van der Waals surface area contributed by atoms with E-state index in [1.165, 1.54) is 26.4 Å². The standard InChI is InChI=1S/C11H10ClN3O4/c1-14-9(17)7(10(18)15(2)11(14)19)8(16)6-3-5(12)4-13-6/h3-4,7,13H,1-2H3. The molecule has 0 aromatic carbocycles. The number of halogens is 1. The van der Waals surface area contributed by atoms with Gasteiger partial charge in [-0.25, -0.2) is 4.79 Å². The van der Waals surface area contributed by atoms with E-state index in [1.54, 1.807) is 0 Å². The summed E-state index contributed by atoms with van der Waals surface area (Å²) in [6.45, 7) is 0. The number of amides is 4. The fraction of sp³-hybridized carbons (Fsp3) is 0.273. The van der Waals surface area contributed by atoms with Gasteiger partial charge in [-0.3, -0.25) is 24.2 Å². The van der Waals surface area contributed by atoms with Crippen LogP contribution in [-0.2, 0) is 9.59 Å². The van der Waals surface area contributed by atoms with Crippen LogP contribution in [0.1, 0.15) is 10.5 Å². The smallest absolute Gasteiger partial charge is 0.332 e. The average molecular weight is 284 g/mol. The van der Waals surface area contributed by atoms with Crippen molar-refractivity contribution in [2.24, 2.45) is 5.92 Å². The molecule has 0 bridgehead atoms. The molecule has 1 aromatic rings. The summed E-state index contributed by atoms with van der Waals surface area (Å²) in [4.78, 5) is 51.5. The van der Waals surface area contributed by atoms with Crippen LogP contribution >= 0.6 is 11.6 Å². The van der Waals surface area contributed by atoms with Crippen molar-refractivity contribution < 1.29 is 19.2 Å². The third-order valence-corrected chi connectivity index (χ3v) is 3.12. The van der Waals surface area contributed by atoms with Gasteiger partial charge in [-0.05, 0) is 6.07 Å². The highest BCUT2D eigenvalue weighted by atomic mass is 35.5. The molecule has 0 spiro atoms. The lowest BCUT2D eigenvalue weighted by atomic mass is 9.97. The van der Waals surface area contributed by atoms with Gasteiger partial charge in [0.25, 0.3) is 11.8 Å².